The van der Waals surface area contributed by atoms with Crippen LogP contribution in [0.2, 0.25) is 10.0 Å². The lowest BCUT2D eigenvalue weighted by Crippen LogP contribution is -2.21. The molecule has 1 amide bonds. The number of carbonyl (C=O) groups excluding carboxylic acids is 1. The van der Waals surface area contributed by atoms with Gasteiger partial charge in [0, 0.05) is 25.5 Å². The van der Waals surface area contributed by atoms with Crippen LogP contribution in [0.1, 0.15) is 10.4 Å². The fraction of sp³-hybridized carbons (Fsp3) is 0.105. The highest BCUT2D eigenvalue weighted by molar-refractivity contribution is 6.42. The summed E-state index contributed by atoms with van der Waals surface area (Å²) in [6.07, 6.45) is 0. The first-order valence-electron chi connectivity index (χ1n) is 7.85. The zero-order chi connectivity index (χ0) is 19.7. The molecular formula is C19H15Cl2N3O3. The number of aromatic hydroxyl groups is 2. The molecule has 3 aromatic carbocycles. The summed E-state index contributed by atoms with van der Waals surface area (Å²) in [5.41, 5.74) is 0.298. The van der Waals surface area contributed by atoms with E-state index < -0.39 is 0 Å². The summed E-state index contributed by atoms with van der Waals surface area (Å²) in [6.45, 7) is 0. The number of halogens is 2. The van der Waals surface area contributed by atoms with Gasteiger partial charge in [0.1, 0.15) is 17.1 Å². The topological polar surface area (TPSA) is 85.5 Å². The van der Waals surface area contributed by atoms with Gasteiger partial charge in [-0.3, -0.25) is 4.79 Å². The van der Waals surface area contributed by atoms with E-state index >= 15 is 0 Å². The van der Waals surface area contributed by atoms with Gasteiger partial charge in [0.05, 0.1) is 15.6 Å². The van der Waals surface area contributed by atoms with Crippen molar-refractivity contribution in [3.8, 4) is 11.5 Å². The van der Waals surface area contributed by atoms with Crippen LogP contribution in [0.4, 0.5) is 11.4 Å². The predicted molar refractivity (Wildman–Crippen MR) is 106 cm³/mol. The van der Waals surface area contributed by atoms with E-state index in [0.29, 0.717) is 10.8 Å². The van der Waals surface area contributed by atoms with Crippen molar-refractivity contribution in [2.75, 3.05) is 14.1 Å². The standard InChI is InChI=1S/C19H15Cl2N3O3/c1-24(2)19(27)12-7-10-5-3-4-6-11(10)17(18(12)26)23-22-15-8-13(20)14(21)9-16(15)25/h3-9,25-26H,1-2H3. The second-order valence-corrected chi connectivity index (χ2v) is 6.81. The first kappa shape index (κ1) is 18.9. The average molecular weight is 404 g/mol. The molecule has 0 aliphatic carbocycles. The molecule has 3 aromatic rings. The van der Waals surface area contributed by atoms with Crippen LogP contribution >= 0.6 is 23.2 Å². The Hall–Kier alpha value is -2.83. The van der Waals surface area contributed by atoms with Gasteiger partial charge in [0.15, 0.2) is 5.75 Å². The molecule has 0 aliphatic rings. The van der Waals surface area contributed by atoms with E-state index in [9.17, 15) is 15.0 Å². The van der Waals surface area contributed by atoms with Crippen LogP contribution in [0.15, 0.2) is 52.7 Å². The fourth-order valence-corrected chi connectivity index (χ4v) is 2.85. The summed E-state index contributed by atoms with van der Waals surface area (Å²) >= 11 is 11.8. The summed E-state index contributed by atoms with van der Waals surface area (Å²) < 4.78 is 0. The zero-order valence-corrected chi connectivity index (χ0v) is 16.0. The number of nitrogens with zero attached hydrogens (tertiary/aromatic N) is 3. The van der Waals surface area contributed by atoms with Crippen LogP contribution in [0, 0.1) is 0 Å². The highest BCUT2D eigenvalue weighted by Gasteiger charge is 2.19. The minimum absolute atomic E-state index is 0.0808. The Labute approximate surface area is 165 Å². The van der Waals surface area contributed by atoms with E-state index in [2.05, 4.69) is 10.2 Å². The maximum absolute atomic E-state index is 12.4. The minimum atomic E-state index is -0.368. The number of phenols is 2. The number of benzene rings is 3. The molecule has 27 heavy (non-hydrogen) atoms. The van der Waals surface area contributed by atoms with Gasteiger partial charge in [0.2, 0.25) is 0 Å². The molecule has 0 radical (unpaired) electrons. The van der Waals surface area contributed by atoms with Gasteiger partial charge in [-0.15, -0.1) is 10.2 Å². The molecule has 6 nitrogen and oxygen atoms in total. The smallest absolute Gasteiger partial charge is 0.257 e. The summed E-state index contributed by atoms with van der Waals surface area (Å²) in [6, 6.07) is 11.4. The van der Waals surface area contributed by atoms with Crippen LogP contribution in [-0.2, 0) is 0 Å². The third-order valence-corrected chi connectivity index (χ3v) is 4.63. The quantitative estimate of drug-likeness (QED) is 0.551. The summed E-state index contributed by atoms with van der Waals surface area (Å²) in [5, 5.41) is 30.4. The molecular weight excluding hydrogens is 389 g/mol. The number of hydrogen-bond donors (Lipinski definition) is 2. The van der Waals surface area contributed by atoms with E-state index in [0.717, 1.165) is 0 Å². The first-order valence-corrected chi connectivity index (χ1v) is 8.61. The van der Waals surface area contributed by atoms with Gasteiger partial charge in [-0.05, 0) is 17.5 Å². The van der Waals surface area contributed by atoms with Gasteiger partial charge in [-0.1, -0.05) is 47.5 Å². The molecule has 0 bridgehead atoms. The third-order valence-electron chi connectivity index (χ3n) is 3.91. The Morgan fingerprint density at radius 3 is 2.37 bits per heavy atom. The Morgan fingerprint density at radius 1 is 1.00 bits per heavy atom. The van der Waals surface area contributed by atoms with E-state index in [-0.39, 0.29) is 44.4 Å². The Kier molecular flexibility index (Phi) is 5.21. The largest absolute Gasteiger partial charge is 0.506 e. The van der Waals surface area contributed by atoms with E-state index in [1.165, 1.54) is 17.0 Å². The number of rotatable bonds is 3. The van der Waals surface area contributed by atoms with Crippen molar-refractivity contribution in [2.24, 2.45) is 10.2 Å². The van der Waals surface area contributed by atoms with Crippen LogP contribution in [0.5, 0.6) is 11.5 Å². The molecule has 0 saturated heterocycles. The third kappa shape index (κ3) is 3.67. The molecule has 0 heterocycles. The van der Waals surface area contributed by atoms with Crippen LogP contribution < -0.4 is 0 Å². The minimum Gasteiger partial charge on any atom is -0.506 e. The maximum atomic E-state index is 12.4. The van der Waals surface area contributed by atoms with Crippen molar-refractivity contribution < 1.29 is 15.0 Å². The lowest BCUT2D eigenvalue weighted by atomic mass is 10.0. The summed E-state index contributed by atoms with van der Waals surface area (Å²) in [4.78, 5) is 13.7. The van der Waals surface area contributed by atoms with Crippen molar-refractivity contribution >= 4 is 51.3 Å². The lowest BCUT2D eigenvalue weighted by molar-refractivity contribution is 0.0825. The van der Waals surface area contributed by atoms with E-state index in [1.807, 2.05) is 6.07 Å². The van der Waals surface area contributed by atoms with Crippen molar-refractivity contribution in [3.05, 3.63) is 58.1 Å². The maximum Gasteiger partial charge on any atom is 0.257 e. The van der Waals surface area contributed by atoms with E-state index in [4.69, 9.17) is 23.2 Å². The van der Waals surface area contributed by atoms with Crippen LogP contribution in [0.3, 0.4) is 0 Å². The van der Waals surface area contributed by atoms with Gasteiger partial charge in [-0.25, -0.2) is 0 Å². The SMILES string of the molecule is CN(C)C(=O)c1cc2ccccc2c(N=Nc2cc(Cl)c(Cl)cc2O)c1O. The molecule has 0 atom stereocenters. The Bertz CT molecular complexity index is 1080. The number of azo groups is 1. The number of hydrogen-bond acceptors (Lipinski definition) is 5. The van der Waals surface area contributed by atoms with Crippen molar-refractivity contribution in [1.82, 2.24) is 4.90 Å². The van der Waals surface area contributed by atoms with Gasteiger partial charge in [0.25, 0.3) is 5.91 Å². The zero-order valence-electron chi connectivity index (χ0n) is 14.4. The number of carbonyl (C=O) groups is 1. The fourth-order valence-electron chi connectivity index (χ4n) is 2.53. The van der Waals surface area contributed by atoms with Gasteiger partial charge < -0.3 is 15.1 Å². The number of fused-ring (bicyclic) bond motifs is 1. The second kappa shape index (κ2) is 7.42. The highest BCUT2D eigenvalue weighted by atomic mass is 35.5. The van der Waals surface area contributed by atoms with Crippen molar-refractivity contribution in [3.63, 3.8) is 0 Å². The molecule has 3 rings (SSSR count). The van der Waals surface area contributed by atoms with E-state index in [1.54, 1.807) is 38.4 Å². The summed E-state index contributed by atoms with van der Waals surface area (Å²) in [7, 11) is 3.18. The molecule has 0 unspecified atom stereocenters. The molecule has 138 valence electrons. The van der Waals surface area contributed by atoms with Crippen molar-refractivity contribution in [2.45, 2.75) is 0 Å². The molecule has 2 N–H and O–H groups in total. The number of amides is 1. The summed E-state index contributed by atoms with van der Waals surface area (Å²) in [5.74, 6) is -0.875. The van der Waals surface area contributed by atoms with Crippen LogP contribution in [-0.4, -0.2) is 35.1 Å². The monoisotopic (exact) mass is 403 g/mol. The molecule has 0 spiro atoms. The Morgan fingerprint density at radius 2 is 1.67 bits per heavy atom. The van der Waals surface area contributed by atoms with Gasteiger partial charge >= 0.3 is 0 Å². The first-order chi connectivity index (χ1) is 12.8. The molecule has 0 aromatic heterocycles. The molecule has 8 heteroatoms. The molecule has 0 aliphatic heterocycles. The van der Waals surface area contributed by atoms with Crippen LogP contribution in [0.25, 0.3) is 10.8 Å². The molecule has 0 saturated carbocycles. The second-order valence-electron chi connectivity index (χ2n) is 6.00. The number of phenolic OH excluding ortho intramolecular Hbond substituents is 2. The normalized spacial score (nSPS) is 11.3. The highest BCUT2D eigenvalue weighted by Crippen LogP contribution is 2.41. The lowest BCUT2D eigenvalue weighted by Gasteiger charge is -2.14. The molecule has 0 fully saturated rings. The predicted octanol–water partition coefficient (Wildman–Crippen LogP) is 5.68. The van der Waals surface area contributed by atoms with Crippen molar-refractivity contribution in [1.29, 1.82) is 0 Å². The average Bonchev–Trinajstić information content (AvgIpc) is 2.63. The van der Waals surface area contributed by atoms with Gasteiger partial charge in [-0.2, -0.15) is 0 Å². The Balaban J connectivity index is 2.20.